The molecule has 2 atom stereocenters. The number of benzene rings is 1. The van der Waals surface area contributed by atoms with E-state index in [2.05, 4.69) is 26.6 Å². The van der Waals surface area contributed by atoms with Gasteiger partial charge in [0.25, 0.3) is 0 Å². The van der Waals surface area contributed by atoms with E-state index in [0.717, 1.165) is 10.0 Å². The van der Waals surface area contributed by atoms with Gasteiger partial charge in [-0.25, -0.2) is 4.79 Å². The van der Waals surface area contributed by atoms with Gasteiger partial charge < -0.3 is 20.5 Å². The zero-order valence-electron chi connectivity index (χ0n) is 10.9. The number of anilines is 1. The second kappa shape index (κ2) is 6.23. The van der Waals surface area contributed by atoms with E-state index in [0.29, 0.717) is 5.69 Å². The van der Waals surface area contributed by atoms with E-state index >= 15 is 0 Å². The normalized spacial score (nSPS) is 21.5. The molecule has 1 aliphatic heterocycles. The van der Waals surface area contributed by atoms with Gasteiger partial charge in [-0.15, -0.1) is 0 Å². The largest absolute Gasteiger partial charge is 0.481 e. The number of carbonyl (C=O) groups excluding carboxylic acids is 1. The summed E-state index contributed by atoms with van der Waals surface area (Å²) < 4.78 is 5.85. The number of hydrogen-bond acceptors (Lipinski definition) is 3. The van der Waals surface area contributed by atoms with E-state index in [1.54, 1.807) is 0 Å². The highest BCUT2D eigenvalue weighted by molar-refractivity contribution is 9.10. The van der Waals surface area contributed by atoms with Crippen molar-refractivity contribution in [1.82, 2.24) is 5.32 Å². The molecule has 0 bridgehead atoms. The molecule has 1 aliphatic rings. The van der Waals surface area contributed by atoms with Crippen molar-refractivity contribution < 1.29 is 19.4 Å². The Bertz CT molecular complexity index is 535. The van der Waals surface area contributed by atoms with Gasteiger partial charge in [0.2, 0.25) is 0 Å². The lowest BCUT2D eigenvalue weighted by Gasteiger charge is -2.16. The van der Waals surface area contributed by atoms with Crippen LogP contribution in [0.1, 0.15) is 5.56 Å². The number of carboxylic acids is 1. The van der Waals surface area contributed by atoms with Gasteiger partial charge in [0.15, 0.2) is 0 Å². The Morgan fingerprint density at radius 2 is 2.15 bits per heavy atom. The van der Waals surface area contributed by atoms with Crippen LogP contribution >= 0.6 is 15.9 Å². The first-order valence-electron chi connectivity index (χ1n) is 6.11. The summed E-state index contributed by atoms with van der Waals surface area (Å²) in [7, 11) is 0. The van der Waals surface area contributed by atoms with Crippen LogP contribution < -0.4 is 10.6 Å². The van der Waals surface area contributed by atoms with E-state index in [1.807, 2.05) is 25.1 Å². The topological polar surface area (TPSA) is 87.7 Å². The van der Waals surface area contributed by atoms with Gasteiger partial charge >= 0.3 is 12.0 Å². The number of ether oxygens (including phenoxy) is 1. The first kappa shape index (κ1) is 14.8. The van der Waals surface area contributed by atoms with E-state index in [1.165, 1.54) is 0 Å². The van der Waals surface area contributed by atoms with Gasteiger partial charge in [0.05, 0.1) is 24.9 Å². The van der Waals surface area contributed by atoms with Crippen LogP contribution in [-0.4, -0.2) is 36.4 Å². The third-order valence-corrected chi connectivity index (χ3v) is 3.78. The number of amides is 2. The van der Waals surface area contributed by atoms with Crippen LogP contribution in [0.5, 0.6) is 0 Å². The van der Waals surface area contributed by atoms with Gasteiger partial charge in [-0.3, -0.25) is 4.79 Å². The number of carbonyl (C=O) groups is 2. The predicted octanol–water partition coefficient (Wildman–Crippen LogP) is 1.98. The van der Waals surface area contributed by atoms with Crippen LogP contribution in [0.25, 0.3) is 0 Å². The van der Waals surface area contributed by atoms with Crippen molar-refractivity contribution in [2.45, 2.75) is 13.0 Å². The Balaban J connectivity index is 1.99. The maximum atomic E-state index is 11.9. The first-order valence-corrected chi connectivity index (χ1v) is 6.91. The Kier molecular flexibility index (Phi) is 4.61. The standard InChI is InChI=1S/C13H15BrN2O4/c1-7-2-3-9(14)10(4-7)15-13(19)16-11-6-20-5-8(11)12(17)18/h2-4,8,11H,5-6H2,1H3,(H,17,18)(H2,15,16,19). The molecule has 1 heterocycles. The fourth-order valence-corrected chi connectivity index (χ4v) is 2.35. The molecule has 1 saturated heterocycles. The highest BCUT2D eigenvalue weighted by atomic mass is 79.9. The minimum Gasteiger partial charge on any atom is -0.481 e. The Morgan fingerprint density at radius 3 is 2.85 bits per heavy atom. The van der Waals surface area contributed by atoms with Gasteiger partial charge in [0.1, 0.15) is 5.92 Å². The molecule has 0 saturated carbocycles. The molecular weight excluding hydrogens is 328 g/mol. The minimum absolute atomic E-state index is 0.119. The molecule has 0 spiro atoms. The van der Waals surface area contributed by atoms with Crippen LogP contribution in [0.15, 0.2) is 22.7 Å². The first-order chi connectivity index (χ1) is 9.47. The maximum absolute atomic E-state index is 11.9. The molecule has 2 unspecified atom stereocenters. The van der Waals surface area contributed by atoms with E-state index in [9.17, 15) is 9.59 Å². The SMILES string of the molecule is Cc1ccc(Br)c(NC(=O)NC2COCC2C(=O)O)c1. The molecule has 1 fully saturated rings. The molecule has 108 valence electrons. The smallest absolute Gasteiger partial charge is 0.319 e. The molecule has 20 heavy (non-hydrogen) atoms. The molecule has 2 amide bonds. The highest BCUT2D eigenvalue weighted by Gasteiger charge is 2.35. The summed E-state index contributed by atoms with van der Waals surface area (Å²) in [6, 6.07) is 4.61. The molecule has 7 heteroatoms. The molecular formula is C13H15BrN2O4. The van der Waals surface area contributed by atoms with Crippen LogP contribution in [0.3, 0.4) is 0 Å². The fourth-order valence-electron chi connectivity index (χ4n) is 2.00. The van der Waals surface area contributed by atoms with Crippen molar-refractivity contribution in [2.24, 2.45) is 5.92 Å². The summed E-state index contributed by atoms with van der Waals surface area (Å²) in [6.07, 6.45) is 0. The number of rotatable bonds is 3. The summed E-state index contributed by atoms with van der Waals surface area (Å²) in [5.74, 6) is -1.67. The predicted molar refractivity (Wildman–Crippen MR) is 76.8 cm³/mol. The average Bonchev–Trinajstić information content (AvgIpc) is 2.82. The maximum Gasteiger partial charge on any atom is 0.319 e. The van der Waals surface area contributed by atoms with E-state index in [-0.39, 0.29) is 13.2 Å². The summed E-state index contributed by atoms with van der Waals surface area (Å²) in [5.41, 5.74) is 1.64. The molecule has 0 radical (unpaired) electrons. The molecule has 2 rings (SSSR count). The number of urea groups is 1. The number of halogens is 1. The fraction of sp³-hybridized carbons (Fsp3) is 0.385. The molecule has 0 aliphatic carbocycles. The summed E-state index contributed by atoms with van der Waals surface area (Å²) in [5, 5.41) is 14.3. The Morgan fingerprint density at radius 1 is 1.40 bits per heavy atom. The van der Waals surface area contributed by atoms with Crippen molar-refractivity contribution in [2.75, 3.05) is 18.5 Å². The zero-order valence-corrected chi connectivity index (χ0v) is 12.4. The average molecular weight is 343 g/mol. The molecule has 0 aromatic heterocycles. The van der Waals surface area contributed by atoms with Gasteiger partial charge in [-0.05, 0) is 40.5 Å². The number of nitrogens with one attached hydrogen (secondary N) is 2. The van der Waals surface area contributed by atoms with Crippen LogP contribution in [0.2, 0.25) is 0 Å². The van der Waals surface area contributed by atoms with Crippen LogP contribution in [0, 0.1) is 12.8 Å². The monoisotopic (exact) mass is 342 g/mol. The van der Waals surface area contributed by atoms with Gasteiger partial charge in [0, 0.05) is 4.47 Å². The number of aliphatic carboxylic acids is 1. The van der Waals surface area contributed by atoms with E-state index < -0.39 is 24.0 Å². The second-order valence-electron chi connectivity index (χ2n) is 4.67. The quantitative estimate of drug-likeness (QED) is 0.783. The summed E-state index contributed by atoms with van der Waals surface area (Å²) in [4.78, 5) is 22.9. The molecule has 1 aromatic carbocycles. The van der Waals surface area contributed by atoms with Crippen molar-refractivity contribution in [3.05, 3.63) is 28.2 Å². The van der Waals surface area contributed by atoms with Crippen molar-refractivity contribution in [3.8, 4) is 0 Å². The number of aryl methyl sites for hydroxylation is 1. The molecule has 1 aromatic rings. The second-order valence-corrected chi connectivity index (χ2v) is 5.52. The van der Waals surface area contributed by atoms with Gasteiger partial charge in [-0.2, -0.15) is 0 Å². The summed E-state index contributed by atoms with van der Waals surface area (Å²) in [6.45, 7) is 2.24. The zero-order chi connectivity index (χ0) is 14.7. The number of carboxylic acid groups (broad SMARTS) is 1. The van der Waals surface area contributed by atoms with Crippen LogP contribution in [0.4, 0.5) is 10.5 Å². The van der Waals surface area contributed by atoms with Gasteiger partial charge in [-0.1, -0.05) is 6.07 Å². The lowest BCUT2D eigenvalue weighted by molar-refractivity contribution is -0.142. The summed E-state index contributed by atoms with van der Waals surface area (Å²) >= 11 is 3.35. The molecule has 6 nitrogen and oxygen atoms in total. The van der Waals surface area contributed by atoms with Crippen molar-refractivity contribution >= 4 is 33.6 Å². The lowest BCUT2D eigenvalue weighted by atomic mass is 10.0. The Hall–Kier alpha value is -1.60. The van der Waals surface area contributed by atoms with Crippen molar-refractivity contribution in [1.29, 1.82) is 0 Å². The van der Waals surface area contributed by atoms with E-state index in [4.69, 9.17) is 9.84 Å². The van der Waals surface area contributed by atoms with Crippen LogP contribution in [-0.2, 0) is 9.53 Å². The third-order valence-electron chi connectivity index (χ3n) is 3.08. The third kappa shape index (κ3) is 3.49. The molecule has 3 N–H and O–H groups in total. The minimum atomic E-state index is -0.968. The van der Waals surface area contributed by atoms with Crippen molar-refractivity contribution in [3.63, 3.8) is 0 Å². The lowest BCUT2D eigenvalue weighted by Crippen LogP contribution is -2.44. The highest BCUT2D eigenvalue weighted by Crippen LogP contribution is 2.23. The number of hydrogen-bond donors (Lipinski definition) is 3. The Labute approximate surface area is 124 Å².